The highest BCUT2D eigenvalue weighted by Crippen LogP contribution is 2.26. The van der Waals surface area contributed by atoms with Gasteiger partial charge in [0.25, 0.3) is 0 Å². The van der Waals surface area contributed by atoms with E-state index in [1.54, 1.807) is 0 Å². The Morgan fingerprint density at radius 3 is 2.22 bits per heavy atom. The summed E-state index contributed by atoms with van der Waals surface area (Å²) in [5.74, 6) is 0.376. The van der Waals surface area contributed by atoms with Gasteiger partial charge in [-0.25, -0.2) is 9.97 Å². The maximum absolute atomic E-state index is 9.81. The molecule has 8 heteroatoms. The van der Waals surface area contributed by atoms with Gasteiger partial charge in [0.05, 0.1) is 23.9 Å². The average molecular weight is 368 g/mol. The third-order valence-electron chi connectivity index (χ3n) is 3.95. The number of anilines is 1. The fourth-order valence-corrected chi connectivity index (χ4v) is 2.47. The minimum atomic E-state index is -1.56. The molecule has 0 radical (unpaired) electrons. The second-order valence-electron chi connectivity index (χ2n) is 5.90. The second-order valence-corrected chi connectivity index (χ2v) is 5.90. The number of nitrogens with one attached hydrogen (secondary N) is 1. The van der Waals surface area contributed by atoms with Crippen LogP contribution in [0.4, 0.5) is 5.82 Å². The molecule has 3 unspecified atom stereocenters. The molecule has 0 aliphatic carbocycles. The van der Waals surface area contributed by atoms with Crippen molar-refractivity contribution in [2.45, 2.75) is 18.3 Å². The summed E-state index contributed by atoms with van der Waals surface area (Å²) in [6.07, 6.45) is -3.47. The Kier molecular flexibility index (Phi) is 6.05. The molecule has 1 aromatic heterocycles. The third kappa shape index (κ3) is 4.44. The number of hydrogen-bond donors (Lipinski definition) is 5. The van der Waals surface area contributed by atoms with Gasteiger partial charge in [-0.3, -0.25) is 5.43 Å². The van der Waals surface area contributed by atoms with E-state index < -0.39 is 24.9 Å². The molecule has 0 saturated carbocycles. The largest absolute Gasteiger partial charge is 0.394 e. The molecule has 8 nitrogen and oxygen atoms in total. The molecule has 0 amide bonds. The van der Waals surface area contributed by atoms with Crippen LogP contribution in [0.5, 0.6) is 0 Å². The fraction of sp³-hybridized carbons (Fsp3) is 0.211. The molecule has 5 N–H and O–H groups in total. The van der Waals surface area contributed by atoms with Gasteiger partial charge in [0.15, 0.2) is 5.82 Å². The number of aliphatic hydroxyl groups is 4. The molecule has 3 rings (SSSR count). The summed E-state index contributed by atoms with van der Waals surface area (Å²) in [5, 5.41) is 41.5. The maximum atomic E-state index is 9.81. The Labute approximate surface area is 155 Å². The van der Waals surface area contributed by atoms with Gasteiger partial charge in [-0.1, -0.05) is 42.5 Å². The van der Waals surface area contributed by atoms with E-state index in [2.05, 4.69) is 20.5 Å². The highest BCUT2D eigenvalue weighted by molar-refractivity contribution is 5.83. The highest BCUT2D eigenvalue weighted by atomic mass is 16.4. The van der Waals surface area contributed by atoms with Crippen molar-refractivity contribution in [2.24, 2.45) is 5.10 Å². The molecule has 27 heavy (non-hydrogen) atoms. The number of aromatic nitrogens is 2. The summed E-state index contributed by atoms with van der Waals surface area (Å²) in [5.41, 5.74) is 5.55. The molecule has 1 heterocycles. The van der Waals surface area contributed by atoms with Crippen LogP contribution >= 0.6 is 0 Å². The van der Waals surface area contributed by atoms with Crippen LogP contribution in [-0.2, 0) is 0 Å². The zero-order valence-electron chi connectivity index (χ0n) is 14.3. The summed E-state index contributed by atoms with van der Waals surface area (Å²) in [6, 6.07) is 16.9. The van der Waals surface area contributed by atoms with Gasteiger partial charge < -0.3 is 20.4 Å². The first kappa shape index (κ1) is 18.9. The van der Waals surface area contributed by atoms with Crippen LogP contribution in [0.2, 0.25) is 0 Å². The van der Waals surface area contributed by atoms with E-state index in [1.165, 1.54) is 0 Å². The smallest absolute Gasteiger partial charge is 0.173 e. The van der Waals surface area contributed by atoms with Crippen molar-refractivity contribution in [1.82, 2.24) is 9.97 Å². The van der Waals surface area contributed by atoms with Gasteiger partial charge in [0, 0.05) is 5.56 Å². The first-order valence-corrected chi connectivity index (χ1v) is 8.36. The summed E-state index contributed by atoms with van der Waals surface area (Å²) < 4.78 is 0. The lowest BCUT2D eigenvalue weighted by molar-refractivity contribution is -0.0541. The predicted octanol–water partition coefficient (Wildman–Crippen LogP) is 0.770. The van der Waals surface area contributed by atoms with E-state index in [9.17, 15) is 15.3 Å². The fourth-order valence-electron chi connectivity index (χ4n) is 2.47. The molecular formula is C19H20N4O4. The van der Waals surface area contributed by atoms with Gasteiger partial charge >= 0.3 is 0 Å². The highest BCUT2D eigenvalue weighted by Gasteiger charge is 2.22. The van der Waals surface area contributed by atoms with Crippen molar-refractivity contribution in [3.63, 3.8) is 0 Å². The van der Waals surface area contributed by atoms with Crippen molar-refractivity contribution in [3.05, 3.63) is 54.6 Å². The molecule has 140 valence electrons. The monoisotopic (exact) mass is 368 g/mol. The molecule has 0 aliphatic rings. The molecule has 0 saturated heterocycles. The molecule has 0 aliphatic heterocycles. The van der Waals surface area contributed by atoms with Crippen molar-refractivity contribution in [3.8, 4) is 11.3 Å². The maximum Gasteiger partial charge on any atom is 0.173 e. The minimum absolute atomic E-state index is 0.376. The van der Waals surface area contributed by atoms with Gasteiger partial charge in [0.1, 0.15) is 24.0 Å². The Morgan fingerprint density at radius 2 is 1.56 bits per heavy atom. The first-order valence-electron chi connectivity index (χ1n) is 8.36. The lowest BCUT2D eigenvalue weighted by Gasteiger charge is -2.18. The second kappa shape index (κ2) is 8.65. The Hall–Kier alpha value is -2.91. The number of hydrogen-bond acceptors (Lipinski definition) is 8. The third-order valence-corrected chi connectivity index (χ3v) is 3.95. The quantitative estimate of drug-likeness (QED) is 0.307. The number of para-hydroxylation sites is 2. The van der Waals surface area contributed by atoms with Gasteiger partial charge in [-0.15, -0.1) is 0 Å². The van der Waals surface area contributed by atoms with Crippen molar-refractivity contribution >= 4 is 23.1 Å². The zero-order chi connectivity index (χ0) is 19.2. The summed E-state index contributed by atoms with van der Waals surface area (Å²) >= 11 is 0. The molecule has 0 fully saturated rings. The lowest BCUT2D eigenvalue weighted by atomic mass is 10.1. The molecule has 0 spiro atoms. The number of hydrazone groups is 1. The van der Waals surface area contributed by atoms with E-state index in [1.807, 2.05) is 54.6 Å². The van der Waals surface area contributed by atoms with Crippen molar-refractivity contribution in [2.75, 3.05) is 12.0 Å². The van der Waals surface area contributed by atoms with E-state index in [-0.39, 0.29) is 0 Å². The number of benzene rings is 2. The number of fused-ring (bicyclic) bond motifs is 1. The van der Waals surface area contributed by atoms with Gasteiger partial charge in [-0.05, 0) is 12.1 Å². The Morgan fingerprint density at radius 1 is 0.926 bits per heavy atom. The van der Waals surface area contributed by atoms with E-state index >= 15 is 0 Å². The normalized spacial score (nSPS) is 15.0. The van der Waals surface area contributed by atoms with Crippen LogP contribution in [-0.4, -0.2) is 61.5 Å². The predicted molar refractivity (Wildman–Crippen MR) is 102 cm³/mol. The number of rotatable bonds is 7. The van der Waals surface area contributed by atoms with Crippen LogP contribution < -0.4 is 5.43 Å². The van der Waals surface area contributed by atoms with Crippen molar-refractivity contribution in [1.29, 1.82) is 0 Å². The molecular weight excluding hydrogens is 348 g/mol. The summed E-state index contributed by atoms with van der Waals surface area (Å²) in [7, 11) is 0. The topological polar surface area (TPSA) is 131 Å². The van der Waals surface area contributed by atoms with Gasteiger partial charge in [-0.2, -0.15) is 5.10 Å². The lowest BCUT2D eigenvalue weighted by Crippen LogP contribution is -2.40. The molecule has 3 aromatic rings. The van der Waals surface area contributed by atoms with Crippen LogP contribution in [0.1, 0.15) is 0 Å². The molecule has 2 aromatic carbocycles. The molecule has 0 bridgehead atoms. The SMILES string of the molecule is OCC(O)C(O)C(O)/C=N/Nc1nc2ccccc2nc1-c1ccccc1. The van der Waals surface area contributed by atoms with E-state index in [4.69, 9.17) is 5.11 Å². The first-order chi connectivity index (χ1) is 13.1. The van der Waals surface area contributed by atoms with Crippen LogP contribution in [0.15, 0.2) is 59.7 Å². The minimum Gasteiger partial charge on any atom is -0.394 e. The average Bonchev–Trinajstić information content (AvgIpc) is 2.72. The van der Waals surface area contributed by atoms with E-state index in [0.29, 0.717) is 17.0 Å². The van der Waals surface area contributed by atoms with Crippen LogP contribution in [0, 0.1) is 0 Å². The Bertz CT molecular complexity index is 920. The standard InChI is InChI=1S/C19H20N4O4/c24-11-16(26)18(27)15(25)10-20-23-19-17(12-6-2-1-3-7-12)21-13-8-4-5-9-14(13)22-19/h1-10,15-16,18,24-27H,11H2,(H,22,23)/b20-10+. The summed E-state index contributed by atoms with van der Waals surface area (Å²) in [4.78, 5) is 9.16. The zero-order valence-corrected chi connectivity index (χ0v) is 14.3. The summed E-state index contributed by atoms with van der Waals surface area (Å²) in [6.45, 7) is -0.673. The van der Waals surface area contributed by atoms with E-state index in [0.717, 1.165) is 17.3 Å². The number of nitrogens with zero attached hydrogens (tertiary/aromatic N) is 3. The Balaban J connectivity index is 1.90. The number of aliphatic hydroxyl groups excluding tert-OH is 4. The van der Waals surface area contributed by atoms with Gasteiger partial charge in [0.2, 0.25) is 0 Å². The van der Waals surface area contributed by atoms with Crippen LogP contribution in [0.25, 0.3) is 22.3 Å². The van der Waals surface area contributed by atoms with Crippen LogP contribution in [0.3, 0.4) is 0 Å². The van der Waals surface area contributed by atoms with Crippen molar-refractivity contribution < 1.29 is 20.4 Å². The molecule has 3 atom stereocenters.